The molecule has 0 saturated carbocycles. The van der Waals surface area contributed by atoms with Gasteiger partial charge in [-0.15, -0.1) is 22.1 Å². The van der Waals surface area contributed by atoms with Gasteiger partial charge in [0.25, 0.3) is 0 Å². The smallest absolute Gasteiger partial charge is 0.657 e. The third-order valence-electron chi connectivity index (χ3n) is 9.39. The number of nitrogens with zero attached hydrogens (tertiary/aromatic N) is 4. The molecule has 3 aliphatic rings. The van der Waals surface area contributed by atoms with Gasteiger partial charge in [0, 0.05) is 11.1 Å². The molecule has 2 aliphatic heterocycles. The molecular formula is C44H26N4Ni. The molecule has 0 radical (unpaired) electrons. The molecule has 0 unspecified atom stereocenters. The fourth-order valence-corrected chi connectivity index (χ4v) is 7.28. The summed E-state index contributed by atoms with van der Waals surface area (Å²) in [4.78, 5) is 21.4. The van der Waals surface area contributed by atoms with E-state index in [4.69, 9.17) is 19.9 Å². The van der Waals surface area contributed by atoms with Crippen molar-refractivity contribution in [1.82, 2.24) is 19.9 Å². The van der Waals surface area contributed by atoms with Crippen molar-refractivity contribution in [3.05, 3.63) is 168 Å². The van der Waals surface area contributed by atoms with Crippen LogP contribution in [0.2, 0.25) is 0 Å². The van der Waals surface area contributed by atoms with Crippen LogP contribution in [0, 0.1) is 0 Å². The van der Waals surface area contributed by atoms with Crippen molar-refractivity contribution in [1.29, 1.82) is 0 Å². The normalized spacial score (nSPS) is 12.4. The van der Waals surface area contributed by atoms with E-state index in [9.17, 15) is 0 Å². The van der Waals surface area contributed by atoms with Crippen molar-refractivity contribution in [3.63, 3.8) is 0 Å². The molecule has 5 heteroatoms. The second kappa shape index (κ2) is 11.6. The molecule has 49 heavy (non-hydrogen) atoms. The van der Waals surface area contributed by atoms with E-state index in [0.717, 1.165) is 94.9 Å². The van der Waals surface area contributed by atoms with Crippen molar-refractivity contribution in [2.24, 2.45) is 0 Å². The maximum Gasteiger partial charge on any atom is 2.00 e. The summed E-state index contributed by atoms with van der Waals surface area (Å²) in [5.41, 5.74) is 17.8. The van der Waals surface area contributed by atoms with E-state index in [-0.39, 0.29) is 16.5 Å². The largest absolute Gasteiger partial charge is 2.00 e. The van der Waals surface area contributed by atoms with E-state index in [1.807, 2.05) is 18.2 Å². The zero-order valence-corrected chi connectivity index (χ0v) is 27.1. The van der Waals surface area contributed by atoms with Gasteiger partial charge in [-0.1, -0.05) is 140 Å². The molecule has 0 atom stereocenters. The average molecular weight is 669 g/mol. The molecule has 0 amide bonds. The Morgan fingerprint density at radius 2 is 0.816 bits per heavy atom. The monoisotopic (exact) mass is 668 g/mol. The summed E-state index contributed by atoms with van der Waals surface area (Å²) >= 11 is 0. The molecule has 10 rings (SSSR count). The molecule has 8 bridgehead atoms. The van der Waals surface area contributed by atoms with E-state index >= 15 is 0 Å². The maximum absolute atomic E-state index is 5.41. The van der Waals surface area contributed by atoms with Gasteiger partial charge >= 0.3 is 16.5 Å². The van der Waals surface area contributed by atoms with Crippen LogP contribution in [-0.4, -0.2) is 9.97 Å². The molecular weight excluding hydrogens is 643 g/mol. The van der Waals surface area contributed by atoms with Gasteiger partial charge in [-0.25, -0.2) is 9.97 Å². The molecule has 1 aliphatic carbocycles. The standard InChI is InChI=1S/C44H26N4.Ni/c1-4-12-27(13-5-1)40-33-20-21-34(45-33)41(28-14-6-2-7-15-28)36-24-25-38(47-36)43-31-19-11-10-18-30(31)32-26-39(48-44(32)43)42(29-16-8-3-9-17-29)37-23-22-35(40)46-37;/h1-26H;/q-2;+2. The van der Waals surface area contributed by atoms with Crippen LogP contribution in [0.5, 0.6) is 0 Å². The number of rotatable bonds is 3. The van der Waals surface area contributed by atoms with Crippen LogP contribution in [-0.2, 0) is 16.5 Å². The molecule has 7 aromatic rings. The van der Waals surface area contributed by atoms with E-state index < -0.39 is 0 Å². The van der Waals surface area contributed by atoms with E-state index in [1.165, 1.54) is 5.56 Å². The Morgan fingerprint density at radius 1 is 0.367 bits per heavy atom. The van der Waals surface area contributed by atoms with Crippen LogP contribution in [0.15, 0.2) is 140 Å². The Labute approximate surface area is 293 Å². The summed E-state index contributed by atoms with van der Waals surface area (Å²) < 4.78 is 0. The third kappa shape index (κ3) is 4.66. The first-order valence-electron chi connectivity index (χ1n) is 16.2. The van der Waals surface area contributed by atoms with Gasteiger partial charge in [0.05, 0.1) is 22.8 Å². The van der Waals surface area contributed by atoms with Gasteiger partial charge in [0.1, 0.15) is 0 Å². The number of aromatic nitrogens is 4. The summed E-state index contributed by atoms with van der Waals surface area (Å²) in [5, 5.41) is 0. The van der Waals surface area contributed by atoms with Crippen LogP contribution >= 0.6 is 0 Å². The molecule has 4 aromatic carbocycles. The third-order valence-corrected chi connectivity index (χ3v) is 9.39. The first kappa shape index (κ1) is 29.1. The second-order valence-electron chi connectivity index (χ2n) is 12.2. The minimum atomic E-state index is 0. The topological polar surface area (TPSA) is 54.0 Å². The fraction of sp³-hybridized carbons (Fsp3) is 0. The van der Waals surface area contributed by atoms with Crippen molar-refractivity contribution in [3.8, 4) is 44.5 Å². The van der Waals surface area contributed by atoms with Crippen LogP contribution in [0.25, 0.3) is 90.4 Å². The van der Waals surface area contributed by atoms with Crippen LogP contribution in [0.1, 0.15) is 28.3 Å². The quantitative estimate of drug-likeness (QED) is 0.176. The zero-order valence-electron chi connectivity index (χ0n) is 26.1. The molecule has 4 nitrogen and oxygen atoms in total. The molecule has 232 valence electrons. The van der Waals surface area contributed by atoms with Crippen molar-refractivity contribution in [2.75, 3.05) is 0 Å². The Kier molecular flexibility index (Phi) is 6.89. The van der Waals surface area contributed by atoms with E-state index in [2.05, 4.69) is 140 Å². The molecule has 0 fully saturated rings. The molecule has 0 spiro atoms. The van der Waals surface area contributed by atoms with E-state index in [0.29, 0.717) is 0 Å². The summed E-state index contributed by atoms with van der Waals surface area (Å²) in [6.07, 6.45) is 6.46. The Bertz CT molecular complexity index is 2610. The first-order valence-corrected chi connectivity index (χ1v) is 16.2. The number of hydrogen-bond donors (Lipinski definition) is 0. The van der Waals surface area contributed by atoms with Crippen LogP contribution in [0.4, 0.5) is 0 Å². The summed E-state index contributed by atoms with van der Waals surface area (Å²) in [7, 11) is 0. The van der Waals surface area contributed by atoms with Crippen molar-refractivity contribution in [2.45, 2.75) is 0 Å². The first-order chi connectivity index (χ1) is 23.8. The molecule has 5 heterocycles. The summed E-state index contributed by atoms with van der Waals surface area (Å²) in [6, 6.07) is 48.4. The zero-order chi connectivity index (χ0) is 31.6. The minimum absolute atomic E-state index is 0. The van der Waals surface area contributed by atoms with Gasteiger partial charge in [0.15, 0.2) is 0 Å². The van der Waals surface area contributed by atoms with E-state index in [1.54, 1.807) is 0 Å². The summed E-state index contributed by atoms with van der Waals surface area (Å²) in [6.45, 7) is 0. The van der Waals surface area contributed by atoms with Gasteiger partial charge in [-0.2, -0.15) is 0 Å². The number of fused-ring (bicyclic) bond motifs is 11. The van der Waals surface area contributed by atoms with Crippen molar-refractivity contribution >= 4 is 45.9 Å². The number of benzene rings is 4. The van der Waals surface area contributed by atoms with Gasteiger partial charge in [0.2, 0.25) is 0 Å². The van der Waals surface area contributed by atoms with Crippen LogP contribution < -0.4 is 9.97 Å². The Hall–Kier alpha value is -6.03. The molecule has 0 N–H and O–H groups in total. The Morgan fingerprint density at radius 3 is 1.41 bits per heavy atom. The predicted octanol–water partition coefficient (Wildman–Crippen LogP) is 10.3. The Balaban J connectivity index is 0.00000325. The van der Waals surface area contributed by atoms with Gasteiger partial charge in [-0.05, 0) is 62.7 Å². The average Bonchev–Trinajstić information content (AvgIpc) is 3.98. The minimum Gasteiger partial charge on any atom is -0.657 e. The van der Waals surface area contributed by atoms with Crippen LogP contribution in [0.3, 0.4) is 0 Å². The van der Waals surface area contributed by atoms with Gasteiger partial charge in [-0.3, -0.25) is 0 Å². The van der Waals surface area contributed by atoms with Gasteiger partial charge < -0.3 is 9.97 Å². The fourth-order valence-electron chi connectivity index (χ4n) is 7.28. The second-order valence-corrected chi connectivity index (χ2v) is 12.2. The van der Waals surface area contributed by atoms with Crippen molar-refractivity contribution < 1.29 is 16.5 Å². The predicted molar refractivity (Wildman–Crippen MR) is 197 cm³/mol. The molecule has 0 saturated heterocycles. The number of hydrogen-bond acceptors (Lipinski definition) is 2. The maximum atomic E-state index is 5.41. The SMILES string of the molecule is C1=Cc2nc1c(-c1ccccc1)c1nc3c(c4ccc([n-]4)c(-c4ccccc4)c4ccc([n-]4)c2-c2ccccc2)-c2ccccc2C3=C1.[Ni+2]. The molecule has 3 aromatic heterocycles. The summed E-state index contributed by atoms with van der Waals surface area (Å²) in [5.74, 6) is 0.